The summed E-state index contributed by atoms with van der Waals surface area (Å²) < 4.78 is 12.0. The first-order chi connectivity index (χ1) is 17.6. The molecular formula is C26H30N6O4. The van der Waals surface area contributed by atoms with Crippen LogP contribution in [0.25, 0.3) is 10.4 Å². The number of nitrogens with zero attached hydrogens (tertiary/aromatic N) is 4. The van der Waals surface area contributed by atoms with Crippen LogP contribution in [-0.4, -0.2) is 41.7 Å². The number of aliphatic hydroxyl groups excluding tert-OH is 1. The van der Waals surface area contributed by atoms with Gasteiger partial charge in [-0.3, -0.25) is 10.2 Å². The molecule has 1 heterocycles. The molecule has 3 N–H and O–H groups in total. The molecule has 4 rings (SSSR count). The van der Waals surface area contributed by atoms with Crippen molar-refractivity contribution < 1.29 is 19.4 Å². The summed E-state index contributed by atoms with van der Waals surface area (Å²) in [6.07, 6.45) is 3.68. The SMILES string of the molecule is C=CC[C@]1(C(=O)NNC2CC2)N=C(c2ccc(OCCCO)cc2)O[C@H]1c1ccccc1CN=[N+]=[N-]. The van der Waals surface area contributed by atoms with Gasteiger partial charge in [0.1, 0.15) is 5.75 Å². The van der Waals surface area contributed by atoms with Crippen LogP contribution < -0.4 is 15.6 Å². The van der Waals surface area contributed by atoms with Gasteiger partial charge < -0.3 is 14.6 Å². The Balaban J connectivity index is 1.70. The van der Waals surface area contributed by atoms with Crippen molar-refractivity contribution in [3.63, 3.8) is 0 Å². The van der Waals surface area contributed by atoms with Crippen LogP contribution >= 0.6 is 0 Å². The second-order valence-electron chi connectivity index (χ2n) is 8.74. The van der Waals surface area contributed by atoms with Gasteiger partial charge in [-0.2, -0.15) is 0 Å². The predicted molar refractivity (Wildman–Crippen MR) is 135 cm³/mol. The third kappa shape index (κ3) is 5.68. The largest absolute Gasteiger partial charge is 0.494 e. The quantitative estimate of drug-likeness (QED) is 0.0976. The predicted octanol–water partition coefficient (Wildman–Crippen LogP) is 3.87. The smallest absolute Gasteiger partial charge is 0.266 e. The van der Waals surface area contributed by atoms with E-state index in [2.05, 4.69) is 27.5 Å². The number of hydrogen-bond donors (Lipinski definition) is 3. The van der Waals surface area contributed by atoms with E-state index in [9.17, 15) is 4.79 Å². The maximum atomic E-state index is 13.6. The minimum Gasteiger partial charge on any atom is -0.494 e. The second-order valence-corrected chi connectivity index (χ2v) is 8.74. The summed E-state index contributed by atoms with van der Waals surface area (Å²) in [6, 6.07) is 14.9. The van der Waals surface area contributed by atoms with E-state index < -0.39 is 11.6 Å². The van der Waals surface area contributed by atoms with Gasteiger partial charge in [-0.05, 0) is 53.8 Å². The summed E-state index contributed by atoms with van der Waals surface area (Å²) in [5.74, 6) is 0.659. The average Bonchev–Trinajstić information content (AvgIpc) is 3.66. The van der Waals surface area contributed by atoms with Crippen LogP contribution in [0.5, 0.6) is 5.75 Å². The molecule has 0 aromatic heterocycles. The van der Waals surface area contributed by atoms with E-state index in [1.54, 1.807) is 18.2 Å². The maximum Gasteiger partial charge on any atom is 0.266 e. The zero-order valence-electron chi connectivity index (χ0n) is 20.0. The zero-order valence-corrected chi connectivity index (χ0v) is 20.0. The highest BCUT2D eigenvalue weighted by Crippen LogP contribution is 2.44. The highest BCUT2D eigenvalue weighted by Gasteiger charge is 2.53. The van der Waals surface area contributed by atoms with Crippen LogP contribution in [0.4, 0.5) is 0 Å². The molecule has 0 saturated heterocycles. The monoisotopic (exact) mass is 490 g/mol. The number of ether oxygens (including phenoxy) is 2. The fraction of sp³-hybridized carbons (Fsp3) is 0.385. The molecule has 2 atom stereocenters. The molecule has 2 aliphatic rings. The van der Waals surface area contributed by atoms with Gasteiger partial charge in [-0.15, -0.1) is 6.58 Å². The summed E-state index contributed by atoms with van der Waals surface area (Å²) in [4.78, 5) is 21.4. The molecule has 36 heavy (non-hydrogen) atoms. The lowest BCUT2D eigenvalue weighted by Gasteiger charge is -2.30. The molecule has 0 spiro atoms. The Hall–Kier alpha value is -3.85. The van der Waals surface area contributed by atoms with Crippen LogP contribution in [-0.2, 0) is 16.1 Å². The number of carbonyl (C=O) groups excluding carboxylic acids is 1. The molecule has 0 unspecified atom stereocenters. The number of hydrazine groups is 1. The second kappa shape index (κ2) is 11.7. The molecule has 1 amide bonds. The number of aliphatic hydroxyl groups is 1. The number of benzene rings is 2. The van der Waals surface area contributed by atoms with Crippen LogP contribution in [0.2, 0.25) is 0 Å². The standard InChI is InChI=1S/C26H30N6O4/c1-2-14-26(25(34)31-30-20-10-11-20)23(22-7-4-3-6-19(22)17-28-32-27)36-24(29-26)18-8-12-21(13-9-18)35-16-5-15-33/h2-4,6-9,12-13,20,23,30,33H,1,5,10-11,14-17H2,(H,31,34)/t23-,26-/m0/s1. The zero-order chi connectivity index (χ0) is 25.4. The van der Waals surface area contributed by atoms with E-state index in [0.29, 0.717) is 30.2 Å². The molecule has 2 aromatic carbocycles. The fourth-order valence-electron chi connectivity index (χ4n) is 4.06. The lowest BCUT2D eigenvalue weighted by molar-refractivity contribution is -0.130. The number of aliphatic imine (C=N–C) groups is 1. The Labute approximate surface area is 209 Å². The fourth-order valence-corrected chi connectivity index (χ4v) is 4.06. The summed E-state index contributed by atoms with van der Waals surface area (Å²) in [5.41, 5.74) is 15.6. The van der Waals surface area contributed by atoms with Gasteiger partial charge in [-0.1, -0.05) is 35.5 Å². The highest BCUT2D eigenvalue weighted by molar-refractivity contribution is 6.01. The molecule has 0 radical (unpaired) electrons. The van der Waals surface area contributed by atoms with Gasteiger partial charge in [0.2, 0.25) is 5.90 Å². The van der Waals surface area contributed by atoms with E-state index in [1.165, 1.54) is 0 Å². The number of rotatable bonds is 13. The van der Waals surface area contributed by atoms with Crippen LogP contribution in [0.1, 0.15) is 48.5 Å². The molecule has 1 saturated carbocycles. The third-order valence-electron chi connectivity index (χ3n) is 6.09. The third-order valence-corrected chi connectivity index (χ3v) is 6.09. The van der Waals surface area contributed by atoms with Crippen molar-refractivity contribution in [2.75, 3.05) is 13.2 Å². The van der Waals surface area contributed by atoms with E-state index in [4.69, 9.17) is 25.1 Å². The van der Waals surface area contributed by atoms with Crippen LogP contribution in [0, 0.1) is 0 Å². The van der Waals surface area contributed by atoms with E-state index in [-0.39, 0.29) is 31.5 Å². The number of amides is 1. The summed E-state index contributed by atoms with van der Waals surface area (Å²) >= 11 is 0. The van der Waals surface area contributed by atoms with E-state index >= 15 is 0 Å². The topological polar surface area (TPSA) is 141 Å². The first kappa shape index (κ1) is 25.2. The molecule has 1 aliphatic heterocycles. The molecule has 1 fully saturated rings. The number of hydrogen-bond acceptors (Lipinski definition) is 7. The minimum absolute atomic E-state index is 0.0638. The van der Waals surface area contributed by atoms with Crippen molar-refractivity contribution in [2.24, 2.45) is 10.1 Å². The van der Waals surface area contributed by atoms with Crippen molar-refractivity contribution in [3.8, 4) is 5.75 Å². The number of carbonyl (C=O) groups is 1. The van der Waals surface area contributed by atoms with Gasteiger partial charge >= 0.3 is 0 Å². The molecule has 10 heteroatoms. The van der Waals surface area contributed by atoms with Gasteiger partial charge in [0.25, 0.3) is 5.91 Å². The van der Waals surface area contributed by atoms with Gasteiger partial charge in [0, 0.05) is 36.0 Å². The lowest BCUT2D eigenvalue weighted by Crippen LogP contribution is -2.53. The van der Waals surface area contributed by atoms with E-state index in [1.807, 2.05) is 36.4 Å². The normalized spacial score (nSPS) is 20.6. The van der Waals surface area contributed by atoms with Crippen molar-refractivity contribution in [3.05, 3.63) is 88.3 Å². The van der Waals surface area contributed by atoms with Gasteiger partial charge in [-0.25, -0.2) is 10.4 Å². The highest BCUT2D eigenvalue weighted by atomic mass is 16.5. The van der Waals surface area contributed by atoms with Crippen molar-refractivity contribution in [1.29, 1.82) is 0 Å². The molecule has 188 valence electrons. The lowest BCUT2D eigenvalue weighted by atomic mass is 9.83. The number of azide groups is 1. The summed E-state index contributed by atoms with van der Waals surface area (Å²) in [5, 5.41) is 12.7. The van der Waals surface area contributed by atoms with Crippen LogP contribution in [0.3, 0.4) is 0 Å². The Kier molecular flexibility index (Phi) is 8.22. The summed E-state index contributed by atoms with van der Waals surface area (Å²) in [7, 11) is 0. The average molecular weight is 491 g/mol. The number of nitrogens with one attached hydrogen (secondary N) is 2. The van der Waals surface area contributed by atoms with Crippen molar-refractivity contribution >= 4 is 11.8 Å². The first-order valence-electron chi connectivity index (χ1n) is 12.0. The molecular weight excluding hydrogens is 460 g/mol. The summed E-state index contributed by atoms with van der Waals surface area (Å²) in [6.45, 7) is 4.47. The molecule has 0 bridgehead atoms. The van der Waals surface area contributed by atoms with Crippen molar-refractivity contribution in [1.82, 2.24) is 10.9 Å². The van der Waals surface area contributed by atoms with Crippen molar-refractivity contribution in [2.45, 2.75) is 49.9 Å². The molecule has 1 aliphatic carbocycles. The van der Waals surface area contributed by atoms with E-state index in [0.717, 1.165) is 24.0 Å². The molecule has 10 nitrogen and oxygen atoms in total. The Morgan fingerprint density at radius 3 is 2.78 bits per heavy atom. The maximum absolute atomic E-state index is 13.6. The Morgan fingerprint density at radius 1 is 1.31 bits per heavy atom. The Bertz CT molecular complexity index is 1160. The van der Waals surface area contributed by atoms with Gasteiger partial charge in [0.05, 0.1) is 13.2 Å². The first-order valence-corrected chi connectivity index (χ1v) is 12.0. The Morgan fingerprint density at radius 2 is 2.08 bits per heavy atom. The minimum atomic E-state index is -1.32. The molecule has 2 aromatic rings. The van der Waals surface area contributed by atoms with Gasteiger partial charge in [0.15, 0.2) is 11.6 Å². The van der Waals surface area contributed by atoms with Crippen LogP contribution in [0.15, 0.2) is 71.3 Å².